The summed E-state index contributed by atoms with van der Waals surface area (Å²) in [5, 5.41) is 13.3. The van der Waals surface area contributed by atoms with Gasteiger partial charge in [0.05, 0.1) is 0 Å². The van der Waals surface area contributed by atoms with Crippen molar-refractivity contribution in [1.29, 1.82) is 0 Å². The van der Waals surface area contributed by atoms with Crippen LogP contribution in [0, 0.1) is 0 Å². The molecule has 1 aromatic carbocycles. The number of carbonyl (C=O) groups excluding carboxylic acids is 1. The number of fused-ring (bicyclic) bond motifs is 1. The lowest BCUT2D eigenvalue weighted by Crippen LogP contribution is -2.27. The molecule has 0 spiro atoms. The van der Waals surface area contributed by atoms with Crippen molar-refractivity contribution in [1.82, 2.24) is 15.5 Å². The molecule has 1 aromatic heterocycles. The summed E-state index contributed by atoms with van der Waals surface area (Å²) >= 11 is 0. The maximum absolute atomic E-state index is 12.4. The van der Waals surface area contributed by atoms with Crippen LogP contribution in [0.5, 0.6) is 0 Å². The number of benzene rings is 1. The molecule has 1 N–H and O–H groups in total. The van der Waals surface area contributed by atoms with Gasteiger partial charge >= 0.3 is 0 Å². The molecular formula is C17H22N4O2. The molecule has 122 valence electrons. The van der Waals surface area contributed by atoms with E-state index in [0.717, 1.165) is 36.1 Å². The largest absolute Gasteiger partial charge is 0.385 e. The number of rotatable bonds is 6. The molecule has 0 unspecified atom stereocenters. The quantitative estimate of drug-likeness (QED) is 0.826. The first kappa shape index (κ1) is 15.7. The summed E-state index contributed by atoms with van der Waals surface area (Å²) < 4.78 is 4.99. The highest BCUT2D eigenvalue weighted by Crippen LogP contribution is 2.28. The molecule has 1 fully saturated rings. The van der Waals surface area contributed by atoms with Crippen molar-refractivity contribution in [2.75, 3.05) is 38.3 Å². The molecule has 0 aliphatic carbocycles. The zero-order chi connectivity index (χ0) is 16.1. The minimum atomic E-state index is -0.183. The Morgan fingerprint density at radius 2 is 1.96 bits per heavy atom. The van der Waals surface area contributed by atoms with Gasteiger partial charge in [-0.1, -0.05) is 24.3 Å². The highest BCUT2D eigenvalue weighted by Gasteiger charge is 2.20. The molecule has 0 radical (unpaired) electrons. The van der Waals surface area contributed by atoms with Crippen molar-refractivity contribution in [3.05, 3.63) is 30.0 Å². The number of aromatic nitrogens is 2. The molecule has 1 saturated heterocycles. The topological polar surface area (TPSA) is 67.3 Å². The van der Waals surface area contributed by atoms with Gasteiger partial charge in [-0.15, -0.1) is 10.2 Å². The van der Waals surface area contributed by atoms with E-state index in [2.05, 4.69) is 20.4 Å². The van der Waals surface area contributed by atoms with Gasteiger partial charge in [-0.25, -0.2) is 0 Å². The first-order valence-corrected chi connectivity index (χ1v) is 8.09. The number of carbonyl (C=O) groups is 1. The lowest BCUT2D eigenvalue weighted by atomic mass is 10.1. The molecule has 23 heavy (non-hydrogen) atoms. The van der Waals surface area contributed by atoms with Crippen LogP contribution in [-0.2, 0) is 4.74 Å². The number of hydrogen-bond acceptors (Lipinski definition) is 5. The molecule has 2 heterocycles. The van der Waals surface area contributed by atoms with Crippen LogP contribution in [0.4, 0.5) is 5.82 Å². The standard InChI is InChI=1S/C17H22N4O2/c1-23-12-6-9-18-17(22)15-13-7-2-3-8-14(13)16(20-19-15)21-10-4-5-11-21/h2-3,7-8H,4-6,9-12H2,1H3,(H,18,22). The van der Waals surface area contributed by atoms with Crippen molar-refractivity contribution in [2.45, 2.75) is 19.3 Å². The molecule has 0 atom stereocenters. The fraction of sp³-hybridized carbons (Fsp3) is 0.471. The van der Waals surface area contributed by atoms with Gasteiger partial charge in [0.1, 0.15) is 0 Å². The predicted octanol–water partition coefficient (Wildman–Crippen LogP) is 2.00. The number of nitrogens with one attached hydrogen (secondary N) is 1. The van der Waals surface area contributed by atoms with E-state index in [0.29, 0.717) is 18.8 Å². The van der Waals surface area contributed by atoms with E-state index in [9.17, 15) is 4.79 Å². The lowest BCUT2D eigenvalue weighted by molar-refractivity contribution is 0.0944. The molecule has 6 nitrogen and oxygen atoms in total. The van der Waals surface area contributed by atoms with E-state index in [1.165, 1.54) is 12.8 Å². The Bertz CT molecular complexity index is 683. The summed E-state index contributed by atoms with van der Waals surface area (Å²) in [7, 11) is 1.65. The third-order valence-corrected chi connectivity index (χ3v) is 4.10. The van der Waals surface area contributed by atoms with E-state index >= 15 is 0 Å². The minimum absolute atomic E-state index is 0.183. The second kappa shape index (κ2) is 7.37. The fourth-order valence-corrected chi connectivity index (χ4v) is 2.92. The van der Waals surface area contributed by atoms with Crippen molar-refractivity contribution >= 4 is 22.5 Å². The third-order valence-electron chi connectivity index (χ3n) is 4.10. The van der Waals surface area contributed by atoms with E-state index in [1.54, 1.807) is 7.11 Å². The molecule has 0 saturated carbocycles. The van der Waals surface area contributed by atoms with Gasteiger partial charge in [0, 0.05) is 44.1 Å². The molecule has 3 rings (SSSR count). The smallest absolute Gasteiger partial charge is 0.272 e. The second-order valence-electron chi connectivity index (χ2n) is 5.71. The molecule has 1 aliphatic rings. The van der Waals surface area contributed by atoms with Gasteiger partial charge in [0.15, 0.2) is 11.5 Å². The molecule has 2 aromatic rings. The van der Waals surface area contributed by atoms with Crippen LogP contribution in [0.2, 0.25) is 0 Å². The van der Waals surface area contributed by atoms with Crippen LogP contribution >= 0.6 is 0 Å². The molecule has 0 bridgehead atoms. The Labute approximate surface area is 135 Å². The Morgan fingerprint density at radius 3 is 2.70 bits per heavy atom. The summed E-state index contributed by atoms with van der Waals surface area (Å²) in [6.45, 7) is 3.19. The number of anilines is 1. The number of hydrogen-bond donors (Lipinski definition) is 1. The zero-order valence-electron chi connectivity index (χ0n) is 13.4. The SMILES string of the molecule is COCCCNC(=O)c1nnc(N2CCCC2)c2ccccc12. The highest BCUT2D eigenvalue weighted by molar-refractivity contribution is 6.07. The van der Waals surface area contributed by atoms with Gasteiger partial charge in [0.25, 0.3) is 5.91 Å². The minimum Gasteiger partial charge on any atom is -0.385 e. The summed E-state index contributed by atoms with van der Waals surface area (Å²) in [6, 6.07) is 7.86. The van der Waals surface area contributed by atoms with Gasteiger partial charge < -0.3 is 15.0 Å². The van der Waals surface area contributed by atoms with Crippen LogP contribution in [0.1, 0.15) is 29.8 Å². The number of ether oxygens (including phenoxy) is 1. The average molecular weight is 314 g/mol. The maximum atomic E-state index is 12.4. The van der Waals surface area contributed by atoms with Crippen molar-refractivity contribution in [2.24, 2.45) is 0 Å². The Morgan fingerprint density at radius 1 is 1.22 bits per heavy atom. The number of methoxy groups -OCH3 is 1. The first-order valence-electron chi connectivity index (χ1n) is 8.09. The molecular weight excluding hydrogens is 292 g/mol. The van der Waals surface area contributed by atoms with Gasteiger partial charge in [-0.05, 0) is 19.3 Å². The number of amides is 1. The van der Waals surface area contributed by atoms with Gasteiger partial charge in [-0.3, -0.25) is 4.79 Å². The van der Waals surface area contributed by atoms with Crippen LogP contribution in [0.3, 0.4) is 0 Å². The molecule has 1 amide bonds. The van der Waals surface area contributed by atoms with Crippen LogP contribution in [-0.4, -0.2) is 49.5 Å². The summed E-state index contributed by atoms with van der Waals surface area (Å²) in [5.74, 6) is 0.701. The lowest BCUT2D eigenvalue weighted by Gasteiger charge is -2.18. The van der Waals surface area contributed by atoms with Crippen molar-refractivity contribution in [3.8, 4) is 0 Å². The summed E-state index contributed by atoms with van der Waals surface area (Å²) in [6.07, 6.45) is 3.13. The molecule has 1 aliphatic heterocycles. The Hall–Kier alpha value is -2.21. The zero-order valence-corrected chi connectivity index (χ0v) is 13.4. The van der Waals surface area contributed by atoms with Gasteiger partial charge in [-0.2, -0.15) is 0 Å². The van der Waals surface area contributed by atoms with E-state index in [1.807, 2.05) is 24.3 Å². The maximum Gasteiger partial charge on any atom is 0.272 e. The Balaban J connectivity index is 1.87. The van der Waals surface area contributed by atoms with Crippen molar-refractivity contribution < 1.29 is 9.53 Å². The van der Waals surface area contributed by atoms with Crippen LogP contribution < -0.4 is 10.2 Å². The van der Waals surface area contributed by atoms with Crippen LogP contribution in [0.25, 0.3) is 10.8 Å². The summed E-state index contributed by atoms with van der Waals surface area (Å²) in [4.78, 5) is 14.6. The summed E-state index contributed by atoms with van der Waals surface area (Å²) in [5.41, 5.74) is 0.390. The normalized spacial score (nSPS) is 14.4. The van der Waals surface area contributed by atoms with E-state index < -0.39 is 0 Å². The van der Waals surface area contributed by atoms with Crippen LogP contribution in [0.15, 0.2) is 24.3 Å². The Kier molecular flexibility index (Phi) is 5.02. The molecule has 6 heteroatoms. The average Bonchev–Trinajstić information content (AvgIpc) is 3.12. The monoisotopic (exact) mass is 314 g/mol. The fourth-order valence-electron chi connectivity index (χ4n) is 2.92. The third kappa shape index (κ3) is 3.42. The van der Waals surface area contributed by atoms with E-state index in [4.69, 9.17) is 4.74 Å². The first-order chi connectivity index (χ1) is 11.3. The number of nitrogens with zero attached hydrogens (tertiary/aromatic N) is 3. The van der Waals surface area contributed by atoms with Gasteiger partial charge in [0.2, 0.25) is 0 Å². The highest BCUT2D eigenvalue weighted by atomic mass is 16.5. The van der Waals surface area contributed by atoms with Crippen molar-refractivity contribution in [3.63, 3.8) is 0 Å². The van der Waals surface area contributed by atoms with E-state index in [-0.39, 0.29) is 5.91 Å². The second-order valence-corrected chi connectivity index (χ2v) is 5.71. The predicted molar refractivity (Wildman–Crippen MR) is 89.8 cm³/mol.